The van der Waals surface area contributed by atoms with E-state index >= 15 is 0 Å². The Kier molecular flexibility index (Phi) is 3.61. The van der Waals surface area contributed by atoms with E-state index in [2.05, 4.69) is 13.8 Å². The SMILES string of the molecule is CC.COc1cccc2c1C(C)(C)CO2. The smallest absolute Gasteiger partial charge is 0.126 e. The van der Waals surface area contributed by atoms with Crippen LogP contribution in [-0.2, 0) is 5.41 Å². The van der Waals surface area contributed by atoms with Crippen LogP contribution in [0.2, 0.25) is 0 Å². The fraction of sp³-hybridized carbons (Fsp3) is 0.538. The number of methoxy groups -OCH3 is 1. The molecule has 84 valence electrons. The Morgan fingerprint density at radius 2 is 1.93 bits per heavy atom. The van der Waals surface area contributed by atoms with Crippen molar-refractivity contribution >= 4 is 0 Å². The number of ether oxygens (including phenoxy) is 2. The van der Waals surface area contributed by atoms with Gasteiger partial charge in [-0.25, -0.2) is 0 Å². The van der Waals surface area contributed by atoms with Crippen molar-refractivity contribution in [2.45, 2.75) is 33.1 Å². The lowest BCUT2D eigenvalue weighted by atomic mass is 9.86. The summed E-state index contributed by atoms with van der Waals surface area (Å²) in [7, 11) is 1.70. The quantitative estimate of drug-likeness (QED) is 0.704. The molecule has 0 bridgehead atoms. The molecule has 0 fully saturated rings. The average molecular weight is 208 g/mol. The highest BCUT2D eigenvalue weighted by atomic mass is 16.5. The summed E-state index contributed by atoms with van der Waals surface area (Å²) in [5.74, 6) is 1.89. The summed E-state index contributed by atoms with van der Waals surface area (Å²) in [6.07, 6.45) is 0. The van der Waals surface area contributed by atoms with E-state index in [1.807, 2.05) is 32.0 Å². The summed E-state index contributed by atoms with van der Waals surface area (Å²) < 4.78 is 10.9. The highest BCUT2D eigenvalue weighted by molar-refractivity contribution is 5.51. The molecule has 1 aromatic rings. The Hall–Kier alpha value is -1.18. The number of hydrogen-bond donors (Lipinski definition) is 0. The first-order valence-corrected chi connectivity index (χ1v) is 5.45. The lowest BCUT2D eigenvalue weighted by molar-refractivity contribution is 0.289. The molecule has 0 aliphatic carbocycles. The maximum absolute atomic E-state index is 5.58. The van der Waals surface area contributed by atoms with Crippen LogP contribution in [0.1, 0.15) is 33.3 Å². The number of hydrogen-bond acceptors (Lipinski definition) is 2. The number of benzene rings is 1. The van der Waals surface area contributed by atoms with Crippen molar-refractivity contribution in [2.75, 3.05) is 13.7 Å². The zero-order valence-electron chi connectivity index (χ0n) is 10.3. The lowest BCUT2D eigenvalue weighted by Crippen LogP contribution is -2.18. The first-order valence-electron chi connectivity index (χ1n) is 5.45. The molecule has 1 heterocycles. The van der Waals surface area contributed by atoms with E-state index < -0.39 is 0 Å². The molecule has 15 heavy (non-hydrogen) atoms. The van der Waals surface area contributed by atoms with Gasteiger partial charge in [0, 0.05) is 11.0 Å². The summed E-state index contributed by atoms with van der Waals surface area (Å²) in [5, 5.41) is 0. The molecule has 0 saturated heterocycles. The van der Waals surface area contributed by atoms with E-state index in [0.717, 1.165) is 18.1 Å². The van der Waals surface area contributed by atoms with Crippen molar-refractivity contribution in [3.63, 3.8) is 0 Å². The largest absolute Gasteiger partial charge is 0.496 e. The van der Waals surface area contributed by atoms with Crippen molar-refractivity contribution in [2.24, 2.45) is 0 Å². The van der Waals surface area contributed by atoms with Crippen LogP contribution < -0.4 is 9.47 Å². The van der Waals surface area contributed by atoms with E-state index in [1.54, 1.807) is 7.11 Å². The van der Waals surface area contributed by atoms with Crippen LogP contribution in [0.3, 0.4) is 0 Å². The minimum atomic E-state index is 0.0714. The first kappa shape index (κ1) is 11.9. The predicted octanol–water partition coefficient (Wildman–Crippen LogP) is 3.39. The third kappa shape index (κ3) is 2.09. The van der Waals surface area contributed by atoms with Gasteiger partial charge in [-0.1, -0.05) is 33.8 Å². The maximum atomic E-state index is 5.58. The molecule has 0 aromatic heterocycles. The summed E-state index contributed by atoms with van der Waals surface area (Å²) in [5.41, 5.74) is 1.26. The Balaban J connectivity index is 0.000000531. The summed E-state index contributed by atoms with van der Waals surface area (Å²) >= 11 is 0. The Morgan fingerprint density at radius 3 is 2.53 bits per heavy atom. The third-order valence-electron chi connectivity index (χ3n) is 2.47. The van der Waals surface area contributed by atoms with Crippen LogP contribution in [0.5, 0.6) is 11.5 Å². The van der Waals surface area contributed by atoms with Gasteiger partial charge in [0.1, 0.15) is 11.5 Å². The van der Waals surface area contributed by atoms with Gasteiger partial charge in [0.05, 0.1) is 13.7 Å². The molecular weight excluding hydrogens is 188 g/mol. The molecule has 0 unspecified atom stereocenters. The van der Waals surface area contributed by atoms with Crippen LogP contribution >= 0.6 is 0 Å². The standard InChI is InChI=1S/C11H14O2.C2H6/c1-11(2)7-13-9-6-4-5-8(12-3)10(9)11;1-2/h4-6H,7H2,1-3H3;1-2H3. The molecule has 2 rings (SSSR count). The second-order valence-electron chi connectivity index (χ2n) is 4.01. The van der Waals surface area contributed by atoms with Gasteiger partial charge in [-0.3, -0.25) is 0 Å². The molecule has 0 amide bonds. The molecule has 1 aliphatic rings. The van der Waals surface area contributed by atoms with Crippen LogP contribution in [0.4, 0.5) is 0 Å². The minimum Gasteiger partial charge on any atom is -0.496 e. The second kappa shape index (κ2) is 4.56. The van der Waals surface area contributed by atoms with Crippen molar-refractivity contribution < 1.29 is 9.47 Å². The first-order chi connectivity index (χ1) is 7.15. The maximum Gasteiger partial charge on any atom is 0.126 e. The van der Waals surface area contributed by atoms with Gasteiger partial charge in [-0.2, -0.15) is 0 Å². The van der Waals surface area contributed by atoms with Gasteiger partial charge in [0.2, 0.25) is 0 Å². The van der Waals surface area contributed by atoms with Crippen LogP contribution in [-0.4, -0.2) is 13.7 Å². The van der Waals surface area contributed by atoms with E-state index in [1.165, 1.54) is 5.56 Å². The van der Waals surface area contributed by atoms with Crippen molar-refractivity contribution in [3.8, 4) is 11.5 Å². The van der Waals surface area contributed by atoms with Crippen molar-refractivity contribution in [3.05, 3.63) is 23.8 Å². The Labute approximate surface area is 92.2 Å². The molecule has 1 aromatic carbocycles. The number of fused-ring (bicyclic) bond motifs is 1. The summed E-state index contributed by atoms with van der Waals surface area (Å²) in [6, 6.07) is 5.93. The summed E-state index contributed by atoms with van der Waals surface area (Å²) in [4.78, 5) is 0. The van der Waals surface area contributed by atoms with Gasteiger partial charge < -0.3 is 9.47 Å². The predicted molar refractivity (Wildman–Crippen MR) is 62.9 cm³/mol. The zero-order valence-corrected chi connectivity index (χ0v) is 10.3. The molecule has 0 saturated carbocycles. The van der Waals surface area contributed by atoms with E-state index in [0.29, 0.717) is 0 Å². The second-order valence-corrected chi connectivity index (χ2v) is 4.01. The van der Waals surface area contributed by atoms with Gasteiger partial charge in [-0.05, 0) is 12.1 Å². The van der Waals surface area contributed by atoms with Gasteiger partial charge >= 0.3 is 0 Å². The highest BCUT2D eigenvalue weighted by Crippen LogP contribution is 2.43. The van der Waals surface area contributed by atoms with Gasteiger partial charge in [0.15, 0.2) is 0 Å². The van der Waals surface area contributed by atoms with Gasteiger partial charge in [0.25, 0.3) is 0 Å². The molecule has 0 N–H and O–H groups in total. The van der Waals surface area contributed by atoms with Crippen LogP contribution in [0, 0.1) is 0 Å². The minimum absolute atomic E-state index is 0.0714. The fourth-order valence-corrected chi connectivity index (χ4v) is 1.80. The molecule has 2 heteroatoms. The summed E-state index contributed by atoms with van der Waals surface area (Å²) in [6.45, 7) is 9.07. The fourth-order valence-electron chi connectivity index (χ4n) is 1.80. The molecule has 1 aliphatic heterocycles. The molecular formula is C13H20O2. The lowest BCUT2D eigenvalue weighted by Gasteiger charge is -2.17. The Bertz CT molecular complexity index is 329. The van der Waals surface area contributed by atoms with Crippen molar-refractivity contribution in [1.29, 1.82) is 0 Å². The van der Waals surface area contributed by atoms with Crippen molar-refractivity contribution in [1.82, 2.24) is 0 Å². The van der Waals surface area contributed by atoms with Gasteiger partial charge in [-0.15, -0.1) is 0 Å². The van der Waals surface area contributed by atoms with E-state index in [-0.39, 0.29) is 5.41 Å². The normalized spacial score (nSPS) is 15.8. The molecule has 0 spiro atoms. The molecule has 0 radical (unpaired) electrons. The highest BCUT2D eigenvalue weighted by Gasteiger charge is 2.34. The number of rotatable bonds is 1. The third-order valence-corrected chi connectivity index (χ3v) is 2.47. The average Bonchev–Trinajstić information content (AvgIpc) is 2.58. The molecule has 2 nitrogen and oxygen atoms in total. The van der Waals surface area contributed by atoms with E-state index in [9.17, 15) is 0 Å². The topological polar surface area (TPSA) is 18.5 Å². The Morgan fingerprint density at radius 1 is 1.27 bits per heavy atom. The zero-order chi connectivity index (χ0) is 11.5. The van der Waals surface area contributed by atoms with Crippen LogP contribution in [0.25, 0.3) is 0 Å². The van der Waals surface area contributed by atoms with E-state index in [4.69, 9.17) is 9.47 Å². The molecule has 0 atom stereocenters. The van der Waals surface area contributed by atoms with Crippen LogP contribution in [0.15, 0.2) is 18.2 Å². The monoisotopic (exact) mass is 208 g/mol.